The third kappa shape index (κ3) is 1.41. The predicted molar refractivity (Wildman–Crippen MR) is 89.0 cm³/mol. The minimum absolute atomic E-state index is 0.161. The second-order valence-electron chi connectivity index (χ2n) is 6.56. The Kier molecular flexibility index (Phi) is 2.25. The van der Waals surface area contributed by atoms with Gasteiger partial charge in [0, 0.05) is 17.3 Å². The van der Waals surface area contributed by atoms with Crippen LogP contribution in [0.15, 0.2) is 66.9 Å². The van der Waals surface area contributed by atoms with Gasteiger partial charge in [-0.2, -0.15) is 0 Å². The summed E-state index contributed by atoms with van der Waals surface area (Å²) in [4.78, 5) is 4.60. The Labute approximate surface area is 130 Å². The number of benzene rings is 2. The molecule has 106 valence electrons. The van der Waals surface area contributed by atoms with Crippen LogP contribution >= 0.6 is 0 Å². The first-order chi connectivity index (χ1) is 10.8. The van der Waals surface area contributed by atoms with Crippen LogP contribution in [0.1, 0.15) is 34.7 Å². The van der Waals surface area contributed by atoms with Crippen molar-refractivity contribution >= 4 is 0 Å². The summed E-state index contributed by atoms with van der Waals surface area (Å²) in [6.45, 7) is 2.08. The molecule has 2 atom stereocenters. The van der Waals surface area contributed by atoms with Gasteiger partial charge in [-0.1, -0.05) is 54.6 Å². The second kappa shape index (κ2) is 4.07. The van der Waals surface area contributed by atoms with Crippen LogP contribution in [0.5, 0.6) is 0 Å². The van der Waals surface area contributed by atoms with Gasteiger partial charge in [-0.3, -0.25) is 4.98 Å². The lowest BCUT2D eigenvalue weighted by Crippen LogP contribution is -2.08. The number of nitrogens with zero attached hydrogens (tertiary/aromatic N) is 1. The molecule has 0 N–H and O–H groups in total. The fourth-order valence-corrected chi connectivity index (χ4v) is 4.34. The Balaban J connectivity index is 1.75. The molecule has 1 spiro atoms. The lowest BCUT2D eigenvalue weighted by atomic mass is 9.89. The monoisotopic (exact) mass is 283 g/mol. The molecule has 3 aromatic rings. The van der Waals surface area contributed by atoms with Crippen molar-refractivity contribution in [3.05, 3.63) is 89.2 Å². The molecule has 1 nitrogen and oxygen atoms in total. The first kappa shape index (κ1) is 12.2. The quantitative estimate of drug-likeness (QED) is 0.622. The van der Waals surface area contributed by atoms with Crippen molar-refractivity contribution in [2.75, 3.05) is 0 Å². The van der Waals surface area contributed by atoms with E-state index in [0.29, 0.717) is 5.92 Å². The van der Waals surface area contributed by atoms with Gasteiger partial charge >= 0.3 is 0 Å². The molecule has 0 amide bonds. The second-order valence-corrected chi connectivity index (χ2v) is 6.56. The summed E-state index contributed by atoms with van der Waals surface area (Å²) in [7, 11) is 0. The molecule has 2 unspecified atom stereocenters. The average Bonchev–Trinajstić information content (AvgIpc) is 3.25. The molecule has 2 aliphatic rings. The van der Waals surface area contributed by atoms with E-state index in [1.165, 1.54) is 34.2 Å². The molecular formula is C21H17N. The van der Waals surface area contributed by atoms with E-state index in [1.807, 2.05) is 0 Å². The molecule has 0 bridgehead atoms. The Hall–Kier alpha value is -2.41. The molecule has 0 aliphatic heterocycles. The number of fused-ring (bicyclic) bond motifs is 5. The highest BCUT2D eigenvalue weighted by Crippen LogP contribution is 2.70. The summed E-state index contributed by atoms with van der Waals surface area (Å²) in [6, 6.07) is 22.1. The normalized spacial score (nSPS) is 24.1. The minimum atomic E-state index is 0.161. The third-order valence-electron chi connectivity index (χ3n) is 5.38. The summed E-state index contributed by atoms with van der Waals surface area (Å²) in [5, 5.41) is 0. The van der Waals surface area contributed by atoms with Gasteiger partial charge in [0.2, 0.25) is 0 Å². The van der Waals surface area contributed by atoms with E-state index < -0.39 is 0 Å². The fourth-order valence-electron chi connectivity index (χ4n) is 4.34. The lowest BCUT2D eigenvalue weighted by molar-refractivity contribution is 0.822. The van der Waals surface area contributed by atoms with Crippen LogP contribution in [0.25, 0.3) is 11.1 Å². The Morgan fingerprint density at radius 2 is 1.68 bits per heavy atom. The zero-order valence-corrected chi connectivity index (χ0v) is 12.6. The molecule has 1 heteroatoms. The molecule has 0 saturated heterocycles. The number of hydrogen-bond acceptors (Lipinski definition) is 1. The summed E-state index contributed by atoms with van der Waals surface area (Å²) >= 11 is 0. The van der Waals surface area contributed by atoms with Crippen LogP contribution in [-0.2, 0) is 5.41 Å². The molecule has 0 radical (unpaired) electrons. The molecule has 1 heterocycles. The van der Waals surface area contributed by atoms with Crippen LogP contribution in [0.3, 0.4) is 0 Å². The standard InChI is InChI=1S/C21H17N/c1-14-11-17-16-9-5-6-10-18(16)21(20(17)13-22-14)12-19(21)15-7-3-2-4-8-15/h2-11,13,19H,12H2,1H3. The van der Waals surface area contributed by atoms with E-state index in [0.717, 1.165) is 5.69 Å². The topological polar surface area (TPSA) is 12.9 Å². The highest BCUT2D eigenvalue weighted by Gasteiger charge is 2.61. The molecule has 22 heavy (non-hydrogen) atoms. The maximum Gasteiger partial charge on any atom is 0.0379 e. The number of pyridine rings is 1. The smallest absolute Gasteiger partial charge is 0.0379 e. The van der Waals surface area contributed by atoms with Crippen LogP contribution in [0.2, 0.25) is 0 Å². The number of aryl methyl sites for hydroxylation is 1. The maximum atomic E-state index is 4.60. The highest BCUT2D eigenvalue weighted by molar-refractivity contribution is 5.84. The van der Waals surface area contributed by atoms with E-state index in [4.69, 9.17) is 0 Å². The van der Waals surface area contributed by atoms with Crippen molar-refractivity contribution in [2.24, 2.45) is 0 Å². The van der Waals surface area contributed by atoms with E-state index in [-0.39, 0.29) is 5.41 Å². The van der Waals surface area contributed by atoms with E-state index in [2.05, 4.69) is 78.8 Å². The van der Waals surface area contributed by atoms with Gasteiger partial charge in [0.25, 0.3) is 0 Å². The van der Waals surface area contributed by atoms with Gasteiger partial charge in [0.1, 0.15) is 0 Å². The number of hydrogen-bond donors (Lipinski definition) is 0. The molecule has 2 aromatic carbocycles. The van der Waals surface area contributed by atoms with Crippen molar-refractivity contribution in [1.29, 1.82) is 0 Å². The maximum absolute atomic E-state index is 4.60. The summed E-state index contributed by atoms with van der Waals surface area (Å²) in [5.74, 6) is 0.584. The number of aromatic nitrogens is 1. The van der Waals surface area contributed by atoms with Gasteiger partial charge in [-0.25, -0.2) is 0 Å². The van der Waals surface area contributed by atoms with Gasteiger partial charge in [-0.05, 0) is 53.1 Å². The van der Waals surface area contributed by atoms with Crippen molar-refractivity contribution < 1.29 is 0 Å². The van der Waals surface area contributed by atoms with Crippen LogP contribution in [0.4, 0.5) is 0 Å². The molecule has 1 fully saturated rings. The number of rotatable bonds is 1. The van der Waals surface area contributed by atoms with Crippen molar-refractivity contribution in [1.82, 2.24) is 4.98 Å². The average molecular weight is 283 g/mol. The van der Waals surface area contributed by atoms with Crippen LogP contribution in [-0.4, -0.2) is 4.98 Å². The van der Waals surface area contributed by atoms with Crippen molar-refractivity contribution in [2.45, 2.75) is 24.7 Å². The Morgan fingerprint density at radius 3 is 2.55 bits per heavy atom. The molecular weight excluding hydrogens is 266 g/mol. The van der Waals surface area contributed by atoms with E-state index >= 15 is 0 Å². The molecule has 1 aromatic heterocycles. The lowest BCUT2D eigenvalue weighted by Gasteiger charge is -2.14. The van der Waals surface area contributed by atoms with Gasteiger partial charge in [0.05, 0.1) is 0 Å². The highest BCUT2D eigenvalue weighted by atomic mass is 14.7. The van der Waals surface area contributed by atoms with E-state index in [9.17, 15) is 0 Å². The molecule has 5 rings (SSSR count). The minimum Gasteiger partial charge on any atom is -0.261 e. The third-order valence-corrected chi connectivity index (χ3v) is 5.38. The zero-order chi connectivity index (χ0) is 14.7. The Bertz CT molecular complexity index is 881. The Morgan fingerprint density at radius 1 is 0.909 bits per heavy atom. The molecule has 2 aliphatic carbocycles. The van der Waals surface area contributed by atoms with Gasteiger partial charge in [0.15, 0.2) is 0 Å². The summed E-state index contributed by atoms with van der Waals surface area (Å²) in [6.07, 6.45) is 3.32. The predicted octanol–water partition coefficient (Wildman–Crippen LogP) is 4.84. The summed E-state index contributed by atoms with van der Waals surface area (Å²) < 4.78 is 0. The molecule has 1 saturated carbocycles. The van der Waals surface area contributed by atoms with Crippen LogP contribution < -0.4 is 0 Å². The summed E-state index contributed by atoms with van der Waals surface area (Å²) in [5.41, 5.74) is 8.42. The zero-order valence-electron chi connectivity index (χ0n) is 12.6. The van der Waals surface area contributed by atoms with Gasteiger partial charge in [-0.15, -0.1) is 0 Å². The first-order valence-corrected chi connectivity index (χ1v) is 7.93. The van der Waals surface area contributed by atoms with Crippen molar-refractivity contribution in [3.63, 3.8) is 0 Å². The van der Waals surface area contributed by atoms with Crippen LogP contribution in [0, 0.1) is 6.92 Å². The largest absolute Gasteiger partial charge is 0.261 e. The van der Waals surface area contributed by atoms with E-state index in [1.54, 1.807) is 0 Å². The van der Waals surface area contributed by atoms with Crippen molar-refractivity contribution in [3.8, 4) is 11.1 Å². The fraction of sp³-hybridized carbons (Fsp3) is 0.190. The van der Waals surface area contributed by atoms with Gasteiger partial charge < -0.3 is 0 Å². The first-order valence-electron chi connectivity index (χ1n) is 7.93. The SMILES string of the molecule is Cc1cc2c(cn1)C1(CC1c1ccccc1)c1ccccc1-2.